The summed E-state index contributed by atoms with van der Waals surface area (Å²) in [6.07, 6.45) is 7.33. The first-order valence-corrected chi connectivity index (χ1v) is 9.36. The smallest absolute Gasteiger partial charge is 0.0678 e. The topological polar surface area (TPSA) is 33.1 Å². The van der Waals surface area contributed by atoms with Gasteiger partial charge in [0.15, 0.2) is 0 Å². The number of hydrogen-bond donors (Lipinski definition) is 1. The standard InChI is InChI=1S/C20H28N4.ClH/c1-16-5-2-3-7-20(16)24-18(8-12-22-24)15-23-13-9-17(10-14-23)19-6-4-11-21-19;/h2-3,5,7-8,12,17,19,21H,4,6,9-11,13-15H2,1H3;1H. The zero-order valence-corrected chi connectivity index (χ0v) is 15.8. The molecule has 4 rings (SSSR count). The van der Waals surface area contributed by atoms with Crippen LogP contribution in [0.2, 0.25) is 0 Å². The molecule has 4 nitrogen and oxygen atoms in total. The third-order valence-electron chi connectivity index (χ3n) is 5.75. The maximum absolute atomic E-state index is 4.57. The molecule has 2 aromatic rings. The molecule has 0 saturated carbocycles. The molecule has 2 aliphatic rings. The molecule has 136 valence electrons. The molecule has 0 spiro atoms. The van der Waals surface area contributed by atoms with Gasteiger partial charge in [-0.15, -0.1) is 12.4 Å². The van der Waals surface area contributed by atoms with Crippen molar-refractivity contribution in [3.63, 3.8) is 0 Å². The van der Waals surface area contributed by atoms with E-state index in [9.17, 15) is 0 Å². The Labute approximate surface area is 157 Å². The van der Waals surface area contributed by atoms with Crippen LogP contribution in [0.5, 0.6) is 0 Å². The minimum Gasteiger partial charge on any atom is -0.314 e. The van der Waals surface area contributed by atoms with Crippen LogP contribution in [0.25, 0.3) is 5.69 Å². The molecule has 3 heterocycles. The fourth-order valence-electron chi connectivity index (χ4n) is 4.32. The highest BCUT2D eigenvalue weighted by atomic mass is 35.5. The van der Waals surface area contributed by atoms with E-state index >= 15 is 0 Å². The summed E-state index contributed by atoms with van der Waals surface area (Å²) in [5, 5.41) is 8.26. The second-order valence-electron chi connectivity index (χ2n) is 7.34. The Hall–Kier alpha value is -1.36. The SMILES string of the molecule is Cc1ccccc1-n1nccc1CN1CCC(C2CCCN2)CC1.Cl. The van der Waals surface area contributed by atoms with Crippen molar-refractivity contribution >= 4 is 12.4 Å². The number of aryl methyl sites for hydroxylation is 1. The molecule has 1 aromatic heterocycles. The number of hydrogen-bond acceptors (Lipinski definition) is 3. The van der Waals surface area contributed by atoms with Crippen molar-refractivity contribution in [2.75, 3.05) is 19.6 Å². The molecule has 5 heteroatoms. The predicted octanol–water partition coefficient (Wildman–Crippen LogP) is 3.57. The lowest BCUT2D eigenvalue weighted by Gasteiger charge is -2.34. The first-order valence-electron chi connectivity index (χ1n) is 9.36. The van der Waals surface area contributed by atoms with Crippen molar-refractivity contribution < 1.29 is 0 Å². The summed E-state index contributed by atoms with van der Waals surface area (Å²) in [4.78, 5) is 2.59. The Morgan fingerprint density at radius 3 is 2.64 bits per heavy atom. The van der Waals surface area contributed by atoms with E-state index in [1.165, 1.54) is 62.3 Å². The van der Waals surface area contributed by atoms with E-state index in [4.69, 9.17) is 0 Å². The normalized spacial score (nSPS) is 22.0. The number of nitrogens with zero attached hydrogens (tertiary/aromatic N) is 3. The molecule has 0 amide bonds. The van der Waals surface area contributed by atoms with Crippen LogP contribution in [-0.2, 0) is 6.54 Å². The van der Waals surface area contributed by atoms with E-state index in [1.807, 2.05) is 6.20 Å². The zero-order chi connectivity index (χ0) is 16.4. The summed E-state index contributed by atoms with van der Waals surface area (Å²) in [7, 11) is 0. The molecule has 0 radical (unpaired) electrons. The second-order valence-corrected chi connectivity index (χ2v) is 7.34. The summed E-state index contributed by atoms with van der Waals surface area (Å²) < 4.78 is 2.11. The third-order valence-corrected chi connectivity index (χ3v) is 5.75. The highest BCUT2D eigenvalue weighted by molar-refractivity contribution is 5.85. The van der Waals surface area contributed by atoms with Gasteiger partial charge in [-0.2, -0.15) is 5.10 Å². The molecule has 1 unspecified atom stereocenters. The maximum atomic E-state index is 4.57. The zero-order valence-electron chi connectivity index (χ0n) is 15.0. The molecular weight excluding hydrogens is 332 g/mol. The monoisotopic (exact) mass is 360 g/mol. The quantitative estimate of drug-likeness (QED) is 0.904. The van der Waals surface area contributed by atoms with E-state index in [1.54, 1.807) is 0 Å². The third kappa shape index (κ3) is 4.08. The summed E-state index contributed by atoms with van der Waals surface area (Å²) in [5.74, 6) is 0.880. The van der Waals surface area contributed by atoms with E-state index in [0.29, 0.717) is 0 Å². The first kappa shape index (κ1) is 18.4. The maximum Gasteiger partial charge on any atom is 0.0678 e. The van der Waals surface area contributed by atoms with Gasteiger partial charge in [0.2, 0.25) is 0 Å². The lowest BCUT2D eigenvalue weighted by molar-refractivity contribution is 0.155. The number of halogens is 1. The Morgan fingerprint density at radius 1 is 1.12 bits per heavy atom. The lowest BCUT2D eigenvalue weighted by Crippen LogP contribution is -2.40. The van der Waals surface area contributed by atoms with Gasteiger partial charge in [0.1, 0.15) is 0 Å². The van der Waals surface area contributed by atoms with Gasteiger partial charge in [0.25, 0.3) is 0 Å². The molecule has 1 atom stereocenters. The van der Waals surface area contributed by atoms with Crippen molar-refractivity contribution in [2.45, 2.75) is 45.2 Å². The number of aromatic nitrogens is 2. The van der Waals surface area contributed by atoms with Gasteiger partial charge in [0.05, 0.1) is 11.4 Å². The van der Waals surface area contributed by atoms with Crippen LogP contribution in [0.3, 0.4) is 0 Å². The van der Waals surface area contributed by atoms with Crippen molar-refractivity contribution in [3.05, 3.63) is 47.8 Å². The second kappa shape index (κ2) is 8.35. The summed E-state index contributed by atoms with van der Waals surface area (Å²) in [6, 6.07) is 11.4. The average Bonchev–Trinajstić information content (AvgIpc) is 3.28. The van der Waals surface area contributed by atoms with E-state index < -0.39 is 0 Å². The average molecular weight is 361 g/mol. The summed E-state index contributed by atoms with van der Waals surface area (Å²) in [5.41, 5.74) is 3.76. The van der Waals surface area contributed by atoms with E-state index in [2.05, 4.69) is 57.3 Å². The molecule has 1 aromatic carbocycles. The van der Waals surface area contributed by atoms with Crippen molar-refractivity contribution in [1.29, 1.82) is 0 Å². The molecule has 25 heavy (non-hydrogen) atoms. The fraction of sp³-hybridized carbons (Fsp3) is 0.550. The van der Waals surface area contributed by atoms with Gasteiger partial charge >= 0.3 is 0 Å². The van der Waals surface area contributed by atoms with Gasteiger partial charge in [-0.3, -0.25) is 4.90 Å². The number of nitrogens with one attached hydrogen (secondary N) is 1. The fourth-order valence-corrected chi connectivity index (χ4v) is 4.32. The highest BCUT2D eigenvalue weighted by Gasteiger charge is 2.28. The Kier molecular flexibility index (Phi) is 6.15. The molecular formula is C20H29ClN4. The molecule has 2 aliphatic heterocycles. The number of piperidine rings is 1. The first-order chi connectivity index (χ1) is 11.8. The van der Waals surface area contributed by atoms with Crippen molar-refractivity contribution in [3.8, 4) is 5.69 Å². The predicted molar refractivity (Wildman–Crippen MR) is 105 cm³/mol. The van der Waals surface area contributed by atoms with Gasteiger partial charge in [0, 0.05) is 18.8 Å². The highest BCUT2D eigenvalue weighted by Crippen LogP contribution is 2.26. The van der Waals surface area contributed by atoms with Gasteiger partial charge < -0.3 is 5.32 Å². The largest absolute Gasteiger partial charge is 0.314 e. The number of para-hydroxylation sites is 1. The van der Waals surface area contributed by atoms with Crippen LogP contribution in [0.15, 0.2) is 36.5 Å². The van der Waals surface area contributed by atoms with Crippen LogP contribution in [0.1, 0.15) is 36.9 Å². The molecule has 2 saturated heterocycles. The van der Waals surface area contributed by atoms with Crippen molar-refractivity contribution in [2.24, 2.45) is 5.92 Å². The minimum atomic E-state index is 0. The minimum absolute atomic E-state index is 0. The van der Waals surface area contributed by atoms with Crippen molar-refractivity contribution in [1.82, 2.24) is 20.0 Å². The Bertz CT molecular complexity index is 670. The van der Waals surface area contributed by atoms with Crippen LogP contribution < -0.4 is 5.32 Å². The summed E-state index contributed by atoms with van der Waals surface area (Å²) >= 11 is 0. The molecule has 2 fully saturated rings. The number of likely N-dealkylation sites (tertiary alicyclic amines) is 1. The molecule has 1 N–H and O–H groups in total. The Morgan fingerprint density at radius 2 is 1.92 bits per heavy atom. The van der Waals surface area contributed by atoms with Gasteiger partial charge in [-0.05, 0) is 75.9 Å². The van der Waals surface area contributed by atoms with Gasteiger partial charge in [-0.25, -0.2) is 4.68 Å². The molecule has 0 aliphatic carbocycles. The Balaban J connectivity index is 0.00000182. The van der Waals surface area contributed by atoms with E-state index in [-0.39, 0.29) is 12.4 Å². The number of rotatable bonds is 4. The molecule has 0 bridgehead atoms. The summed E-state index contributed by atoms with van der Waals surface area (Å²) in [6.45, 7) is 6.80. The van der Waals surface area contributed by atoms with Crippen LogP contribution in [0, 0.1) is 12.8 Å². The van der Waals surface area contributed by atoms with Crippen LogP contribution in [-0.4, -0.2) is 40.4 Å². The lowest BCUT2D eigenvalue weighted by atomic mass is 9.88. The van der Waals surface area contributed by atoms with Crippen LogP contribution in [0.4, 0.5) is 0 Å². The van der Waals surface area contributed by atoms with Crippen LogP contribution >= 0.6 is 12.4 Å². The van der Waals surface area contributed by atoms with E-state index in [0.717, 1.165) is 18.5 Å². The number of benzene rings is 1. The van der Waals surface area contributed by atoms with Gasteiger partial charge in [-0.1, -0.05) is 18.2 Å².